The number of aliphatic hydroxyl groups is 1. The molecule has 0 aliphatic heterocycles. The number of halogens is 1. The molecule has 0 unspecified atom stereocenters. The second kappa shape index (κ2) is 6.91. The molecule has 0 bridgehead atoms. The lowest BCUT2D eigenvalue weighted by Crippen LogP contribution is -2.25. The Morgan fingerprint density at radius 1 is 1.50 bits per heavy atom. The van der Waals surface area contributed by atoms with Crippen molar-refractivity contribution in [2.45, 2.75) is 6.42 Å². The number of H-pyrrole nitrogens is 1. The predicted molar refractivity (Wildman–Crippen MR) is 80.2 cm³/mol. The maximum Gasteiger partial charge on any atom is 0.200 e. The van der Waals surface area contributed by atoms with Crippen LogP contribution in [0.1, 0.15) is 12.0 Å². The third kappa shape index (κ3) is 3.27. The Balaban J connectivity index is 2.38. The number of fused-ring (bicyclic) bond motifs is 1. The summed E-state index contributed by atoms with van der Waals surface area (Å²) in [7, 11) is 0. The zero-order valence-corrected chi connectivity index (χ0v) is 11.5. The van der Waals surface area contributed by atoms with E-state index in [9.17, 15) is 0 Å². The van der Waals surface area contributed by atoms with Gasteiger partial charge in [-0.15, -0.1) is 5.73 Å². The van der Waals surface area contributed by atoms with Gasteiger partial charge >= 0.3 is 0 Å². The number of nitrogens with zero attached hydrogens (tertiary/aromatic N) is 2. The fraction of sp³-hybridized carbons (Fsp3) is 0.214. The molecule has 2 rings (SSSR count). The van der Waals surface area contributed by atoms with Gasteiger partial charge in [0.1, 0.15) is 6.61 Å². The molecule has 2 N–H and O–H groups in total. The minimum atomic E-state index is 0.0571. The number of rotatable bonds is 5. The first-order valence-corrected chi connectivity index (χ1v) is 6.43. The molecule has 1 aromatic rings. The number of aliphatic hydroxyl groups excluding tert-OH is 1. The Labute approximate surface area is 120 Å². The summed E-state index contributed by atoms with van der Waals surface area (Å²) in [6.07, 6.45) is 7.58. The molecule has 0 saturated carbocycles. The molecule has 0 saturated heterocycles. The summed E-state index contributed by atoms with van der Waals surface area (Å²) in [6.45, 7) is 3.87. The summed E-state index contributed by atoms with van der Waals surface area (Å²) in [5, 5.41) is 14.8. The lowest BCUT2D eigenvalue weighted by molar-refractivity contribution is 0.124. The zero-order valence-electron chi connectivity index (χ0n) is 10.8. The number of allylic oxidation sites excluding steroid dienone is 3. The van der Waals surface area contributed by atoms with Gasteiger partial charge in [0.05, 0.1) is 16.1 Å². The molecule has 20 heavy (non-hydrogen) atoms. The first-order chi connectivity index (χ1) is 9.76. The lowest BCUT2D eigenvalue weighted by Gasteiger charge is -1.99. The maximum atomic E-state index is 8.68. The van der Waals surface area contributed by atoms with E-state index in [1.807, 2.05) is 6.08 Å². The van der Waals surface area contributed by atoms with Crippen molar-refractivity contribution in [3.63, 3.8) is 0 Å². The molecule has 6 heteroatoms. The summed E-state index contributed by atoms with van der Waals surface area (Å²) in [5.41, 5.74) is 3.82. The van der Waals surface area contributed by atoms with Gasteiger partial charge in [-0.3, -0.25) is 0 Å². The number of aliphatic imine (C=N–C) groups is 1. The lowest BCUT2D eigenvalue weighted by atomic mass is 10.2. The van der Waals surface area contributed by atoms with Crippen LogP contribution in [0.5, 0.6) is 0 Å². The van der Waals surface area contributed by atoms with Crippen molar-refractivity contribution < 1.29 is 9.94 Å². The first kappa shape index (κ1) is 14.3. The van der Waals surface area contributed by atoms with Gasteiger partial charge in [-0.05, 0) is 24.9 Å². The van der Waals surface area contributed by atoms with E-state index in [0.717, 1.165) is 16.1 Å². The Kier molecular flexibility index (Phi) is 4.96. The second-order valence-corrected chi connectivity index (χ2v) is 4.42. The zero-order chi connectivity index (χ0) is 14.4. The Morgan fingerprint density at radius 3 is 3.10 bits per heavy atom. The van der Waals surface area contributed by atoms with Crippen molar-refractivity contribution in [1.29, 1.82) is 0 Å². The van der Waals surface area contributed by atoms with Crippen molar-refractivity contribution in [3.8, 4) is 0 Å². The largest absolute Gasteiger partial charge is 0.396 e. The van der Waals surface area contributed by atoms with E-state index < -0.39 is 0 Å². The third-order valence-corrected chi connectivity index (χ3v) is 2.84. The van der Waals surface area contributed by atoms with Gasteiger partial charge in [-0.1, -0.05) is 16.8 Å². The van der Waals surface area contributed by atoms with Crippen LogP contribution in [0.4, 0.5) is 0 Å². The quantitative estimate of drug-likeness (QED) is 0.361. The molecule has 1 aliphatic carbocycles. The monoisotopic (exact) mass is 291 g/mol. The van der Waals surface area contributed by atoms with Gasteiger partial charge in [-0.25, -0.2) is 4.99 Å². The van der Waals surface area contributed by atoms with Crippen LogP contribution < -0.4 is 10.6 Å². The van der Waals surface area contributed by atoms with Crippen molar-refractivity contribution in [1.82, 2.24) is 4.98 Å². The van der Waals surface area contributed by atoms with Gasteiger partial charge in [0.15, 0.2) is 0 Å². The minimum absolute atomic E-state index is 0.0571. The van der Waals surface area contributed by atoms with Crippen LogP contribution in [0.2, 0.25) is 0 Å². The molecule has 0 spiro atoms. The van der Waals surface area contributed by atoms with Crippen LogP contribution in [-0.4, -0.2) is 35.9 Å². The smallest absolute Gasteiger partial charge is 0.200 e. The number of aromatic nitrogens is 1. The molecule has 104 valence electrons. The minimum Gasteiger partial charge on any atom is -0.396 e. The third-order valence-electron chi connectivity index (χ3n) is 2.61. The number of nitrogens with one attached hydrogen (secondary N) is 1. The standard InChI is InChI=1S/C14H14ClN3O2/c1-16-14(18-20-8-2-7-19)12-9-17-13-6-4-10(15)3-5-11(12)13/h3-4,6,9,17,19H,1-2,7-8H2/b18-14-. The summed E-state index contributed by atoms with van der Waals surface area (Å²) in [5.74, 6) is 0.354. The average Bonchev–Trinajstić information content (AvgIpc) is 2.77. The number of oxime groups is 1. The second-order valence-electron chi connectivity index (χ2n) is 3.98. The summed E-state index contributed by atoms with van der Waals surface area (Å²) in [6, 6.07) is 0. The molecule has 1 aliphatic rings. The van der Waals surface area contributed by atoms with Gasteiger partial charge in [0.2, 0.25) is 5.84 Å². The Hall–Kier alpha value is -2.07. The Bertz CT molecular complexity index is 709. The van der Waals surface area contributed by atoms with Gasteiger partial charge in [-0.2, -0.15) is 0 Å². The molecule has 0 aromatic carbocycles. The van der Waals surface area contributed by atoms with Gasteiger partial charge in [0, 0.05) is 24.3 Å². The van der Waals surface area contributed by atoms with Crippen molar-refractivity contribution >= 4 is 36.0 Å². The highest BCUT2D eigenvalue weighted by Gasteiger charge is 2.07. The normalized spacial score (nSPS) is 13.7. The molecular formula is C14H14ClN3O2. The van der Waals surface area contributed by atoms with Gasteiger partial charge < -0.3 is 14.9 Å². The van der Waals surface area contributed by atoms with E-state index in [0.29, 0.717) is 23.9 Å². The maximum absolute atomic E-state index is 8.68. The SMILES string of the molecule is C=N/C(=N\OCCCO)c1c[nH]c2c1=C=CC(Cl)=CC=2. The molecule has 1 aromatic heterocycles. The Morgan fingerprint density at radius 2 is 2.35 bits per heavy atom. The van der Waals surface area contributed by atoms with Crippen LogP contribution in [0.3, 0.4) is 0 Å². The highest BCUT2D eigenvalue weighted by Crippen LogP contribution is 2.03. The highest BCUT2D eigenvalue weighted by atomic mass is 35.5. The average molecular weight is 292 g/mol. The van der Waals surface area contributed by atoms with Crippen molar-refractivity contribution in [3.05, 3.63) is 39.5 Å². The topological polar surface area (TPSA) is 70.0 Å². The highest BCUT2D eigenvalue weighted by molar-refractivity contribution is 6.31. The molecule has 5 nitrogen and oxygen atoms in total. The summed E-state index contributed by atoms with van der Waals surface area (Å²) >= 11 is 5.94. The molecule has 1 heterocycles. The molecular weight excluding hydrogens is 278 g/mol. The summed E-state index contributed by atoms with van der Waals surface area (Å²) < 4.78 is 0. The number of hydrogen-bond donors (Lipinski definition) is 2. The fourth-order valence-corrected chi connectivity index (χ4v) is 1.77. The molecule has 0 radical (unpaired) electrons. The molecule has 0 amide bonds. The van der Waals surface area contributed by atoms with Crippen LogP contribution in [-0.2, 0) is 4.84 Å². The number of amidine groups is 1. The van der Waals surface area contributed by atoms with E-state index in [-0.39, 0.29) is 6.61 Å². The molecule has 0 atom stereocenters. The van der Waals surface area contributed by atoms with E-state index in [1.54, 1.807) is 18.3 Å². The fourth-order valence-electron chi connectivity index (χ4n) is 1.65. The van der Waals surface area contributed by atoms with Crippen LogP contribution in [0, 0.1) is 0 Å². The number of hydrogen-bond acceptors (Lipinski definition) is 3. The van der Waals surface area contributed by atoms with E-state index in [2.05, 4.69) is 27.6 Å². The van der Waals surface area contributed by atoms with E-state index in [4.69, 9.17) is 21.5 Å². The number of aromatic amines is 1. The first-order valence-electron chi connectivity index (χ1n) is 6.06. The van der Waals surface area contributed by atoms with Gasteiger partial charge in [0.25, 0.3) is 0 Å². The predicted octanol–water partition coefficient (Wildman–Crippen LogP) is 0.628. The van der Waals surface area contributed by atoms with Crippen LogP contribution in [0.15, 0.2) is 33.5 Å². The summed E-state index contributed by atoms with van der Waals surface area (Å²) in [4.78, 5) is 12.0. The van der Waals surface area contributed by atoms with Crippen LogP contribution >= 0.6 is 11.6 Å². The van der Waals surface area contributed by atoms with Crippen molar-refractivity contribution in [2.24, 2.45) is 10.1 Å². The van der Waals surface area contributed by atoms with Crippen molar-refractivity contribution in [2.75, 3.05) is 13.2 Å². The van der Waals surface area contributed by atoms with Crippen LogP contribution in [0.25, 0.3) is 11.8 Å². The van der Waals surface area contributed by atoms with E-state index >= 15 is 0 Å². The van der Waals surface area contributed by atoms with E-state index in [1.165, 1.54) is 0 Å². The molecule has 0 fully saturated rings.